The third-order valence-corrected chi connectivity index (χ3v) is 1.96. The number of aliphatic hydroxyl groups is 1. The van der Waals surface area contributed by atoms with Crippen molar-refractivity contribution in [2.45, 2.75) is 45.0 Å². The molecule has 0 spiro atoms. The summed E-state index contributed by atoms with van der Waals surface area (Å²) in [6, 6.07) is -0.368. The van der Waals surface area contributed by atoms with Gasteiger partial charge in [0, 0.05) is 13.1 Å². The van der Waals surface area contributed by atoms with Crippen LogP contribution in [0.2, 0.25) is 0 Å². The Morgan fingerprint density at radius 2 is 2.14 bits per heavy atom. The van der Waals surface area contributed by atoms with Crippen LogP contribution in [0.25, 0.3) is 0 Å². The van der Waals surface area contributed by atoms with Gasteiger partial charge in [-0.05, 0) is 20.8 Å². The van der Waals surface area contributed by atoms with E-state index in [1.54, 1.807) is 0 Å². The molecule has 1 heterocycles. The van der Waals surface area contributed by atoms with Crippen LogP contribution in [-0.4, -0.2) is 42.4 Å². The highest BCUT2D eigenvalue weighted by Gasteiger charge is 2.29. The van der Waals surface area contributed by atoms with Crippen LogP contribution < -0.4 is 10.6 Å². The number of hydrogen-bond acceptors (Lipinski definition) is 4. The van der Waals surface area contributed by atoms with Crippen LogP contribution in [0.4, 0.5) is 4.39 Å². The second-order valence-corrected chi connectivity index (χ2v) is 4.53. The van der Waals surface area contributed by atoms with E-state index in [9.17, 15) is 9.50 Å². The first-order valence-electron chi connectivity index (χ1n) is 4.85. The maximum Gasteiger partial charge on any atom is 0.214 e. The molecule has 1 aliphatic heterocycles. The molecule has 0 saturated carbocycles. The first kappa shape index (κ1) is 11.8. The SMILES string of the molecule is CC(C)(C)OC(O)N[C@@H]1CNC[C@H]1F. The number of alkyl halides is 1. The molecule has 84 valence electrons. The summed E-state index contributed by atoms with van der Waals surface area (Å²) in [4.78, 5) is 0. The molecule has 3 atom stereocenters. The van der Waals surface area contributed by atoms with Gasteiger partial charge in [-0.1, -0.05) is 0 Å². The van der Waals surface area contributed by atoms with E-state index in [0.717, 1.165) is 0 Å². The first-order valence-corrected chi connectivity index (χ1v) is 4.85. The Kier molecular flexibility index (Phi) is 3.83. The number of aliphatic hydroxyl groups excluding tert-OH is 1. The molecule has 3 N–H and O–H groups in total. The minimum absolute atomic E-state index is 0.333. The van der Waals surface area contributed by atoms with Gasteiger partial charge in [0.05, 0.1) is 11.6 Å². The van der Waals surface area contributed by atoms with E-state index in [1.807, 2.05) is 20.8 Å². The van der Waals surface area contributed by atoms with Gasteiger partial charge in [0.15, 0.2) is 0 Å². The third-order valence-electron chi connectivity index (χ3n) is 1.96. The van der Waals surface area contributed by atoms with Crippen molar-refractivity contribution in [1.82, 2.24) is 10.6 Å². The average Bonchev–Trinajstić information content (AvgIpc) is 2.32. The van der Waals surface area contributed by atoms with Gasteiger partial charge in [-0.3, -0.25) is 5.32 Å². The van der Waals surface area contributed by atoms with Crippen molar-refractivity contribution < 1.29 is 14.2 Å². The van der Waals surface area contributed by atoms with Gasteiger partial charge in [0.1, 0.15) is 6.17 Å². The van der Waals surface area contributed by atoms with Crippen molar-refractivity contribution in [1.29, 1.82) is 0 Å². The predicted molar refractivity (Wildman–Crippen MR) is 51.5 cm³/mol. The minimum Gasteiger partial charge on any atom is -0.356 e. The molecule has 0 radical (unpaired) electrons. The van der Waals surface area contributed by atoms with Crippen LogP contribution in [0.1, 0.15) is 20.8 Å². The zero-order chi connectivity index (χ0) is 10.8. The lowest BCUT2D eigenvalue weighted by Crippen LogP contribution is -2.47. The number of nitrogens with one attached hydrogen (secondary N) is 2. The zero-order valence-corrected chi connectivity index (χ0v) is 8.88. The lowest BCUT2D eigenvalue weighted by atomic mass is 10.2. The van der Waals surface area contributed by atoms with E-state index in [-0.39, 0.29) is 6.04 Å². The zero-order valence-electron chi connectivity index (χ0n) is 8.88. The molecular weight excluding hydrogens is 187 g/mol. The van der Waals surface area contributed by atoms with Crippen molar-refractivity contribution in [3.63, 3.8) is 0 Å². The van der Waals surface area contributed by atoms with E-state index in [0.29, 0.717) is 13.1 Å². The quantitative estimate of drug-likeness (QED) is 0.568. The number of rotatable bonds is 3. The monoisotopic (exact) mass is 206 g/mol. The normalized spacial score (nSPS) is 30.6. The van der Waals surface area contributed by atoms with Crippen LogP contribution >= 0.6 is 0 Å². The topological polar surface area (TPSA) is 53.5 Å². The lowest BCUT2D eigenvalue weighted by molar-refractivity contribution is -0.186. The highest BCUT2D eigenvalue weighted by atomic mass is 19.1. The van der Waals surface area contributed by atoms with Gasteiger partial charge < -0.3 is 15.2 Å². The van der Waals surface area contributed by atoms with Crippen LogP contribution in [0.15, 0.2) is 0 Å². The average molecular weight is 206 g/mol. The largest absolute Gasteiger partial charge is 0.356 e. The third kappa shape index (κ3) is 3.88. The first-order chi connectivity index (χ1) is 6.38. The Hall–Kier alpha value is -0.230. The van der Waals surface area contributed by atoms with Crippen LogP contribution in [0.5, 0.6) is 0 Å². The van der Waals surface area contributed by atoms with Crippen molar-refractivity contribution in [2.75, 3.05) is 13.1 Å². The molecule has 1 aliphatic rings. The van der Waals surface area contributed by atoms with Crippen LogP contribution in [0.3, 0.4) is 0 Å². The summed E-state index contributed by atoms with van der Waals surface area (Å²) in [6.45, 7) is 6.35. The van der Waals surface area contributed by atoms with E-state index >= 15 is 0 Å². The van der Waals surface area contributed by atoms with Crippen LogP contribution in [0, 0.1) is 0 Å². The summed E-state index contributed by atoms with van der Waals surface area (Å²) < 4.78 is 18.3. The molecule has 1 saturated heterocycles. The summed E-state index contributed by atoms with van der Waals surface area (Å²) in [5.74, 6) is 0. The molecule has 1 fully saturated rings. The summed E-state index contributed by atoms with van der Waals surface area (Å²) in [5.41, 5.74) is -0.440. The van der Waals surface area contributed by atoms with Gasteiger partial charge in [-0.2, -0.15) is 0 Å². The molecule has 0 bridgehead atoms. The molecule has 0 amide bonds. The molecule has 4 nitrogen and oxygen atoms in total. The maximum atomic E-state index is 13.1. The van der Waals surface area contributed by atoms with Gasteiger partial charge in [-0.15, -0.1) is 0 Å². The Morgan fingerprint density at radius 1 is 1.50 bits per heavy atom. The highest BCUT2D eigenvalue weighted by molar-refractivity contribution is 4.86. The van der Waals surface area contributed by atoms with E-state index < -0.39 is 18.2 Å². The maximum absolute atomic E-state index is 13.1. The van der Waals surface area contributed by atoms with Crippen molar-refractivity contribution in [2.24, 2.45) is 0 Å². The molecule has 0 aromatic carbocycles. The van der Waals surface area contributed by atoms with E-state index in [2.05, 4.69) is 10.6 Å². The standard InChI is InChI=1S/C9H19FN2O2/c1-9(2,3)14-8(13)12-7-5-11-4-6(7)10/h6-8,11-13H,4-5H2,1-3H3/t6-,7-,8?/m1/s1. The fourth-order valence-electron chi connectivity index (χ4n) is 1.36. The summed E-state index contributed by atoms with van der Waals surface area (Å²) in [6.07, 6.45) is -2.08. The molecule has 0 aromatic heterocycles. The summed E-state index contributed by atoms with van der Waals surface area (Å²) >= 11 is 0. The predicted octanol–water partition coefficient (Wildman–Crippen LogP) is -0.0231. The van der Waals surface area contributed by atoms with E-state index in [1.165, 1.54) is 0 Å². The number of ether oxygens (including phenoxy) is 1. The van der Waals surface area contributed by atoms with Gasteiger partial charge in [-0.25, -0.2) is 4.39 Å². The molecular formula is C9H19FN2O2. The summed E-state index contributed by atoms with van der Waals surface area (Å²) in [7, 11) is 0. The molecule has 14 heavy (non-hydrogen) atoms. The molecule has 1 unspecified atom stereocenters. The Morgan fingerprint density at radius 3 is 2.57 bits per heavy atom. The second kappa shape index (κ2) is 4.53. The van der Waals surface area contributed by atoms with Gasteiger partial charge in [0.2, 0.25) is 6.41 Å². The van der Waals surface area contributed by atoms with Crippen molar-refractivity contribution in [3.8, 4) is 0 Å². The highest BCUT2D eigenvalue weighted by Crippen LogP contribution is 2.10. The van der Waals surface area contributed by atoms with Crippen molar-refractivity contribution in [3.05, 3.63) is 0 Å². The van der Waals surface area contributed by atoms with E-state index in [4.69, 9.17) is 4.74 Å². The molecule has 0 aliphatic carbocycles. The Labute approximate surface area is 83.8 Å². The lowest BCUT2D eigenvalue weighted by Gasteiger charge is -2.26. The fourth-order valence-corrected chi connectivity index (χ4v) is 1.36. The number of halogens is 1. The minimum atomic E-state index is -1.11. The van der Waals surface area contributed by atoms with Gasteiger partial charge >= 0.3 is 0 Å². The Balaban J connectivity index is 2.29. The molecule has 1 rings (SSSR count). The smallest absolute Gasteiger partial charge is 0.214 e. The van der Waals surface area contributed by atoms with Crippen molar-refractivity contribution >= 4 is 0 Å². The van der Waals surface area contributed by atoms with Crippen LogP contribution in [-0.2, 0) is 4.74 Å². The summed E-state index contributed by atoms with van der Waals surface area (Å²) in [5, 5.41) is 15.0. The van der Waals surface area contributed by atoms with Gasteiger partial charge in [0.25, 0.3) is 0 Å². The fraction of sp³-hybridized carbons (Fsp3) is 1.00. The second-order valence-electron chi connectivity index (χ2n) is 4.53. The number of hydrogen-bond donors (Lipinski definition) is 3. The molecule has 0 aromatic rings. The Bertz CT molecular complexity index is 184. The molecule has 5 heteroatoms.